The summed E-state index contributed by atoms with van der Waals surface area (Å²) < 4.78 is 13.0. The fraction of sp³-hybridized carbons (Fsp3) is 0.350. The number of nitrogens with zero attached hydrogens (tertiary/aromatic N) is 1. The van der Waals surface area contributed by atoms with Gasteiger partial charge in [0, 0.05) is 12.6 Å². The minimum atomic E-state index is -0.246. The predicted octanol–water partition coefficient (Wildman–Crippen LogP) is 3.57. The molecule has 0 aliphatic carbocycles. The molecule has 1 unspecified atom stereocenters. The Morgan fingerprint density at radius 3 is 2.46 bits per heavy atom. The molecule has 0 saturated heterocycles. The summed E-state index contributed by atoms with van der Waals surface area (Å²) in [5.74, 6) is -0.232. The van der Waals surface area contributed by atoms with Gasteiger partial charge in [-0.15, -0.1) is 0 Å². The number of carbonyl (C=O) groups excluding carboxylic acids is 1. The quantitative estimate of drug-likeness (QED) is 0.752. The molecule has 24 heavy (non-hydrogen) atoms. The molecule has 1 amide bonds. The molecule has 0 aromatic heterocycles. The summed E-state index contributed by atoms with van der Waals surface area (Å²) in [4.78, 5) is 14.0. The van der Waals surface area contributed by atoms with Gasteiger partial charge in [-0.3, -0.25) is 9.69 Å². The third kappa shape index (κ3) is 5.78. The number of carbonyl (C=O) groups is 1. The average molecular weight is 328 g/mol. The number of likely N-dealkylation sites (N-methyl/N-ethyl adjacent to an activating group) is 1. The first-order chi connectivity index (χ1) is 11.6. The van der Waals surface area contributed by atoms with Gasteiger partial charge in [-0.25, -0.2) is 4.39 Å². The van der Waals surface area contributed by atoms with Crippen LogP contribution in [0.1, 0.15) is 30.5 Å². The summed E-state index contributed by atoms with van der Waals surface area (Å²) in [6.45, 7) is 3.01. The third-order valence-corrected chi connectivity index (χ3v) is 4.21. The molecule has 3 nitrogen and oxygen atoms in total. The standard InChI is InChI=1S/C20H25FN2O/c1-16(18-10-12-19(21)13-11-18)23(2)15-20(24)22-14-6-9-17-7-4-3-5-8-17/h3-5,7-8,10-13,16H,6,9,14-15H2,1-2H3,(H,22,24). The van der Waals surface area contributed by atoms with Crippen LogP contribution >= 0.6 is 0 Å². The molecule has 0 radical (unpaired) electrons. The van der Waals surface area contributed by atoms with Crippen LogP contribution in [-0.2, 0) is 11.2 Å². The molecule has 0 aliphatic heterocycles. The molecule has 0 aliphatic rings. The van der Waals surface area contributed by atoms with Crippen LogP contribution in [0.15, 0.2) is 54.6 Å². The monoisotopic (exact) mass is 328 g/mol. The Balaban J connectivity index is 1.70. The molecule has 0 spiro atoms. The van der Waals surface area contributed by atoms with Gasteiger partial charge in [-0.1, -0.05) is 42.5 Å². The topological polar surface area (TPSA) is 32.3 Å². The number of halogens is 1. The van der Waals surface area contributed by atoms with Crippen molar-refractivity contribution in [3.63, 3.8) is 0 Å². The molecule has 128 valence electrons. The van der Waals surface area contributed by atoms with Crippen LogP contribution in [0.3, 0.4) is 0 Å². The van der Waals surface area contributed by atoms with Crippen molar-refractivity contribution in [2.24, 2.45) is 0 Å². The zero-order valence-corrected chi connectivity index (χ0v) is 14.3. The van der Waals surface area contributed by atoms with Crippen molar-refractivity contribution in [1.29, 1.82) is 0 Å². The normalized spacial score (nSPS) is 12.2. The van der Waals surface area contributed by atoms with Gasteiger partial charge in [0.15, 0.2) is 0 Å². The van der Waals surface area contributed by atoms with E-state index in [1.165, 1.54) is 17.7 Å². The number of hydrogen-bond acceptors (Lipinski definition) is 2. The molecular weight excluding hydrogens is 303 g/mol. The van der Waals surface area contributed by atoms with E-state index in [9.17, 15) is 9.18 Å². The molecule has 4 heteroatoms. The van der Waals surface area contributed by atoms with Crippen molar-refractivity contribution in [3.05, 3.63) is 71.5 Å². The van der Waals surface area contributed by atoms with Gasteiger partial charge in [0.25, 0.3) is 0 Å². The number of hydrogen-bond donors (Lipinski definition) is 1. The molecule has 1 N–H and O–H groups in total. The lowest BCUT2D eigenvalue weighted by Crippen LogP contribution is -2.36. The van der Waals surface area contributed by atoms with Crippen LogP contribution in [0, 0.1) is 5.82 Å². The molecule has 2 rings (SSSR count). The van der Waals surface area contributed by atoms with Crippen molar-refractivity contribution in [1.82, 2.24) is 10.2 Å². The fourth-order valence-corrected chi connectivity index (χ4v) is 2.58. The molecule has 0 fully saturated rings. The van der Waals surface area contributed by atoms with E-state index in [-0.39, 0.29) is 17.8 Å². The lowest BCUT2D eigenvalue weighted by molar-refractivity contribution is -0.122. The van der Waals surface area contributed by atoms with Gasteiger partial charge in [0.05, 0.1) is 6.54 Å². The van der Waals surface area contributed by atoms with Gasteiger partial charge >= 0.3 is 0 Å². The Kier molecular flexibility index (Phi) is 6.94. The Bertz CT molecular complexity index is 628. The van der Waals surface area contributed by atoms with Crippen molar-refractivity contribution in [2.45, 2.75) is 25.8 Å². The Labute approximate surface area is 143 Å². The van der Waals surface area contributed by atoms with E-state index in [1.807, 2.05) is 37.1 Å². The zero-order chi connectivity index (χ0) is 17.4. The van der Waals surface area contributed by atoms with Crippen LogP contribution < -0.4 is 5.32 Å². The number of nitrogens with one attached hydrogen (secondary N) is 1. The lowest BCUT2D eigenvalue weighted by atomic mass is 10.1. The molecule has 2 aromatic rings. The second kappa shape index (κ2) is 9.18. The van der Waals surface area contributed by atoms with Crippen LogP contribution in [0.4, 0.5) is 4.39 Å². The average Bonchev–Trinajstić information content (AvgIpc) is 2.59. The Hall–Kier alpha value is -2.20. The summed E-state index contributed by atoms with van der Waals surface area (Å²) in [6.07, 6.45) is 1.88. The first kappa shape index (κ1) is 18.1. The highest BCUT2D eigenvalue weighted by Crippen LogP contribution is 2.18. The van der Waals surface area contributed by atoms with E-state index in [2.05, 4.69) is 17.4 Å². The van der Waals surface area contributed by atoms with Gasteiger partial charge in [-0.05, 0) is 50.1 Å². The largest absolute Gasteiger partial charge is 0.355 e. The summed E-state index contributed by atoms with van der Waals surface area (Å²) in [7, 11) is 1.90. The molecule has 2 aromatic carbocycles. The lowest BCUT2D eigenvalue weighted by Gasteiger charge is -2.24. The van der Waals surface area contributed by atoms with E-state index in [0.717, 1.165) is 18.4 Å². The van der Waals surface area contributed by atoms with E-state index in [1.54, 1.807) is 12.1 Å². The van der Waals surface area contributed by atoms with Crippen molar-refractivity contribution >= 4 is 5.91 Å². The van der Waals surface area contributed by atoms with Crippen LogP contribution in [0.5, 0.6) is 0 Å². The maximum absolute atomic E-state index is 13.0. The number of amides is 1. The highest BCUT2D eigenvalue weighted by atomic mass is 19.1. The maximum atomic E-state index is 13.0. The number of rotatable bonds is 8. The van der Waals surface area contributed by atoms with E-state index in [4.69, 9.17) is 0 Å². The van der Waals surface area contributed by atoms with Gasteiger partial charge in [0.1, 0.15) is 5.82 Å². The van der Waals surface area contributed by atoms with Crippen LogP contribution in [-0.4, -0.2) is 30.9 Å². The highest BCUT2D eigenvalue weighted by Gasteiger charge is 2.14. The minimum Gasteiger partial charge on any atom is -0.355 e. The summed E-state index contributed by atoms with van der Waals surface area (Å²) in [6, 6.07) is 16.7. The smallest absolute Gasteiger partial charge is 0.234 e. The third-order valence-electron chi connectivity index (χ3n) is 4.21. The van der Waals surface area contributed by atoms with Gasteiger partial charge in [0.2, 0.25) is 5.91 Å². The Morgan fingerprint density at radius 2 is 1.79 bits per heavy atom. The molecular formula is C20H25FN2O. The fourth-order valence-electron chi connectivity index (χ4n) is 2.58. The van der Waals surface area contributed by atoms with Gasteiger partial charge in [-0.2, -0.15) is 0 Å². The van der Waals surface area contributed by atoms with Crippen molar-refractivity contribution < 1.29 is 9.18 Å². The second-order valence-corrected chi connectivity index (χ2v) is 6.08. The minimum absolute atomic E-state index is 0.0134. The zero-order valence-electron chi connectivity index (χ0n) is 14.3. The van der Waals surface area contributed by atoms with Crippen molar-refractivity contribution in [2.75, 3.05) is 20.1 Å². The van der Waals surface area contributed by atoms with E-state index < -0.39 is 0 Å². The van der Waals surface area contributed by atoms with E-state index >= 15 is 0 Å². The highest BCUT2D eigenvalue weighted by molar-refractivity contribution is 5.78. The Morgan fingerprint density at radius 1 is 1.12 bits per heavy atom. The first-order valence-corrected chi connectivity index (χ1v) is 8.32. The summed E-state index contributed by atoms with van der Waals surface area (Å²) >= 11 is 0. The first-order valence-electron chi connectivity index (χ1n) is 8.32. The van der Waals surface area contributed by atoms with Gasteiger partial charge < -0.3 is 5.32 Å². The second-order valence-electron chi connectivity index (χ2n) is 6.08. The predicted molar refractivity (Wildman–Crippen MR) is 95.2 cm³/mol. The molecule has 0 heterocycles. The molecule has 0 bridgehead atoms. The summed E-state index contributed by atoms with van der Waals surface area (Å²) in [5.41, 5.74) is 2.28. The van der Waals surface area contributed by atoms with Crippen molar-refractivity contribution in [3.8, 4) is 0 Å². The van der Waals surface area contributed by atoms with Crippen LogP contribution in [0.25, 0.3) is 0 Å². The van der Waals surface area contributed by atoms with Crippen LogP contribution in [0.2, 0.25) is 0 Å². The number of aryl methyl sites for hydroxylation is 1. The summed E-state index contributed by atoms with van der Waals surface area (Å²) in [5, 5.41) is 2.96. The number of benzene rings is 2. The molecule has 0 saturated carbocycles. The maximum Gasteiger partial charge on any atom is 0.234 e. The van der Waals surface area contributed by atoms with E-state index in [0.29, 0.717) is 13.1 Å². The SMILES string of the molecule is CC(c1ccc(F)cc1)N(C)CC(=O)NCCCc1ccccc1. The molecule has 1 atom stereocenters.